The van der Waals surface area contributed by atoms with Gasteiger partial charge in [0.2, 0.25) is 5.91 Å². The normalized spacial score (nSPS) is 13.2. The fraction of sp³-hybridized carbons (Fsp3) is 0.105. The Kier molecular flexibility index (Phi) is 3.46. The molecule has 2 heterocycles. The van der Waals surface area contributed by atoms with Crippen LogP contribution in [0.3, 0.4) is 0 Å². The number of benzene rings is 2. The van der Waals surface area contributed by atoms with Gasteiger partial charge in [-0.15, -0.1) is 0 Å². The molecular weight excluding hydrogens is 321 g/mol. The highest BCUT2D eigenvalue weighted by molar-refractivity contribution is 6.11. The Bertz CT molecular complexity index is 1030. The van der Waals surface area contributed by atoms with Crippen molar-refractivity contribution >= 4 is 34.1 Å². The quantitative estimate of drug-likeness (QED) is 0.780. The summed E-state index contributed by atoms with van der Waals surface area (Å²) in [5.41, 5.74) is 2.58. The van der Waals surface area contributed by atoms with E-state index in [2.05, 4.69) is 10.3 Å². The highest BCUT2D eigenvalue weighted by Gasteiger charge is 2.30. The molecule has 124 valence electrons. The van der Waals surface area contributed by atoms with E-state index >= 15 is 0 Å². The maximum Gasteiger partial charge on any atom is 0.259 e. The van der Waals surface area contributed by atoms with E-state index < -0.39 is 5.82 Å². The minimum absolute atomic E-state index is 0.0177. The topological polar surface area (TPSA) is 62.3 Å². The van der Waals surface area contributed by atoms with Crippen molar-refractivity contribution in [3.63, 3.8) is 0 Å². The summed E-state index contributed by atoms with van der Waals surface area (Å²) in [7, 11) is 0. The summed E-state index contributed by atoms with van der Waals surface area (Å²) in [6, 6.07) is 12.0. The van der Waals surface area contributed by atoms with Gasteiger partial charge in [0.05, 0.1) is 17.7 Å². The summed E-state index contributed by atoms with van der Waals surface area (Å²) in [6.45, 7) is 1.58. The van der Waals surface area contributed by atoms with Crippen LogP contribution in [0.4, 0.5) is 15.8 Å². The first-order valence-corrected chi connectivity index (χ1v) is 7.79. The number of nitrogens with zero attached hydrogens (tertiary/aromatic N) is 2. The Morgan fingerprint density at radius 2 is 2.08 bits per heavy atom. The second-order valence-electron chi connectivity index (χ2n) is 5.94. The zero-order valence-electron chi connectivity index (χ0n) is 13.4. The minimum Gasteiger partial charge on any atom is -0.324 e. The molecule has 4 rings (SSSR count). The van der Waals surface area contributed by atoms with Gasteiger partial charge in [0, 0.05) is 29.8 Å². The lowest BCUT2D eigenvalue weighted by atomic mass is 10.1. The Hall–Kier alpha value is -3.28. The van der Waals surface area contributed by atoms with Gasteiger partial charge in [-0.25, -0.2) is 4.39 Å². The standard InChI is InChI=1S/C19H14FN3O2/c1-11(24)22-18-9-15-13(8-16(18)20)10-23(19(15)25)14-4-5-17-12(7-14)3-2-6-21-17/h2-9H,10H2,1H3,(H,22,24). The van der Waals surface area contributed by atoms with Crippen LogP contribution in [-0.4, -0.2) is 16.8 Å². The average molecular weight is 335 g/mol. The molecule has 0 saturated heterocycles. The highest BCUT2D eigenvalue weighted by atomic mass is 19.1. The smallest absolute Gasteiger partial charge is 0.259 e. The van der Waals surface area contributed by atoms with Crippen molar-refractivity contribution in [3.8, 4) is 0 Å². The predicted molar refractivity (Wildman–Crippen MR) is 93.0 cm³/mol. The second kappa shape index (κ2) is 5.66. The summed E-state index contributed by atoms with van der Waals surface area (Å²) in [4.78, 5) is 29.8. The Morgan fingerprint density at radius 3 is 2.88 bits per heavy atom. The maximum atomic E-state index is 14.1. The lowest BCUT2D eigenvalue weighted by molar-refractivity contribution is -0.114. The lowest BCUT2D eigenvalue weighted by Crippen LogP contribution is -2.22. The predicted octanol–water partition coefficient (Wildman–Crippen LogP) is 3.49. The van der Waals surface area contributed by atoms with Crippen LogP contribution in [-0.2, 0) is 11.3 Å². The van der Waals surface area contributed by atoms with Crippen molar-refractivity contribution in [2.24, 2.45) is 0 Å². The van der Waals surface area contributed by atoms with Crippen molar-refractivity contribution in [3.05, 3.63) is 65.6 Å². The summed E-state index contributed by atoms with van der Waals surface area (Å²) >= 11 is 0. The zero-order valence-corrected chi connectivity index (χ0v) is 13.4. The lowest BCUT2D eigenvalue weighted by Gasteiger charge is -2.16. The number of halogens is 1. The molecule has 0 radical (unpaired) electrons. The third kappa shape index (κ3) is 2.61. The molecule has 25 heavy (non-hydrogen) atoms. The monoisotopic (exact) mass is 335 g/mol. The number of carbonyl (C=O) groups excluding carboxylic acids is 2. The number of carbonyl (C=O) groups is 2. The number of pyridine rings is 1. The van der Waals surface area contributed by atoms with Gasteiger partial charge < -0.3 is 10.2 Å². The third-order valence-electron chi connectivity index (χ3n) is 4.21. The second-order valence-corrected chi connectivity index (χ2v) is 5.94. The van der Waals surface area contributed by atoms with Gasteiger partial charge in [-0.1, -0.05) is 6.07 Å². The van der Waals surface area contributed by atoms with E-state index in [9.17, 15) is 14.0 Å². The van der Waals surface area contributed by atoms with Crippen molar-refractivity contribution in [2.45, 2.75) is 13.5 Å². The summed E-state index contributed by atoms with van der Waals surface area (Å²) in [5, 5.41) is 3.33. The van der Waals surface area contributed by atoms with E-state index in [1.165, 1.54) is 19.1 Å². The van der Waals surface area contributed by atoms with Crippen LogP contribution in [0.25, 0.3) is 10.9 Å². The Morgan fingerprint density at radius 1 is 1.24 bits per heavy atom. The van der Waals surface area contributed by atoms with Crippen LogP contribution < -0.4 is 10.2 Å². The van der Waals surface area contributed by atoms with Crippen molar-refractivity contribution in [1.29, 1.82) is 0 Å². The molecule has 0 spiro atoms. The SMILES string of the molecule is CC(=O)Nc1cc2c(cc1F)CN(c1ccc3ncccc3c1)C2=O. The Labute approximate surface area is 143 Å². The number of rotatable bonds is 2. The number of aromatic nitrogens is 1. The fourth-order valence-corrected chi connectivity index (χ4v) is 3.06. The first-order valence-electron chi connectivity index (χ1n) is 7.79. The van der Waals surface area contributed by atoms with Gasteiger partial charge in [0.1, 0.15) is 5.82 Å². The van der Waals surface area contributed by atoms with Gasteiger partial charge in [-0.3, -0.25) is 14.6 Å². The molecule has 0 bridgehead atoms. The Balaban J connectivity index is 1.73. The molecule has 1 N–H and O–H groups in total. The van der Waals surface area contributed by atoms with Gasteiger partial charge >= 0.3 is 0 Å². The van der Waals surface area contributed by atoms with Crippen molar-refractivity contribution in [2.75, 3.05) is 10.2 Å². The van der Waals surface area contributed by atoms with E-state index in [1.807, 2.05) is 30.3 Å². The summed E-state index contributed by atoms with van der Waals surface area (Å²) < 4.78 is 14.1. The number of anilines is 2. The average Bonchev–Trinajstić information content (AvgIpc) is 2.90. The molecule has 5 nitrogen and oxygen atoms in total. The molecule has 0 atom stereocenters. The van der Waals surface area contributed by atoms with E-state index in [4.69, 9.17) is 0 Å². The number of amides is 2. The first kappa shape index (κ1) is 15.3. The van der Waals surface area contributed by atoms with E-state index in [0.29, 0.717) is 11.1 Å². The fourth-order valence-electron chi connectivity index (χ4n) is 3.06. The number of hydrogen-bond donors (Lipinski definition) is 1. The van der Waals surface area contributed by atoms with Crippen LogP contribution in [0.15, 0.2) is 48.7 Å². The molecule has 0 fully saturated rings. The summed E-state index contributed by atoms with van der Waals surface area (Å²) in [6.07, 6.45) is 1.71. The van der Waals surface area contributed by atoms with Gasteiger partial charge in [-0.05, 0) is 42.0 Å². The number of nitrogens with one attached hydrogen (secondary N) is 1. The molecule has 6 heteroatoms. The van der Waals surface area contributed by atoms with E-state index in [-0.39, 0.29) is 24.0 Å². The van der Waals surface area contributed by atoms with Crippen LogP contribution in [0.5, 0.6) is 0 Å². The number of fused-ring (bicyclic) bond motifs is 2. The number of hydrogen-bond acceptors (Lipinski definition) is 3. The van der Waals surface area contributed by atoms with Crippen LogP contribution >= 0.6 is 0 Å². The molecule has 3 aromatic rings. The van der Waals surface area contributed by atoms with E-state index in [1.54, 1.807) is 11.1 Å². The highest BCUT2D eigenvalue weighted by Crippen LogP contribution is 2.32. The minimum atomic E-state index is -0.550. The van der Waals surface area contributed by atoms with Gasteiger partial charge in [0.25, 0.3) is 5.91 Å². The molecule has 0 unspecified atom stereocenters. The van der Waals surface area contributed by atoms with Crippen LogP contribution in [0.1, 0.15) is 22.8 Å². The zero-order chi connectivity index (χ0) is 17.6. The molecule has 1 aliphatic heterocycles. The molecule has 0 saturated carbocycles. The molecule has 0 aliphatic carbocycles. The van der Waals surface area contributed by atoms with Gasteiger partial charge in [-0.2, -0.15) is 0 Å². The molecule has 2 aromatic carbocycles. The van der Waals surface area contributed by atoms with Crippen molar-refractivity contribution in [1.82, 2.24) is 4.98 Å². The molecular formula is C19H14FN3O2. The molecule has 1 aromatic heterocycles. The molecule has 1 aliphatic rings. The first-order chi connectivity index (χ1) is 12.0. The van der Waals surface area contributed by atoms with Crippen LogP contribution in [0.2, 0.25) is 0 Å². The van der Waals surface area contributed by atoms with E-state index in [0.717, 1.165) is 16.6 Å². The third-order valence-corrected chi connectivity index (χ3v) is 4.21. The van der Waals surface area contributed by atoms with Crippen molar-refractivity contribution < 1.29 is 14.0 Å². The maximum absolute atomic E-state index is 14.1. The summed E-state index contributed by atoms with van der Waals surface area (Å²) in [5.74, 6) is -1.15. The largest absolute Gasteiger partial charge is 0.324 e. The molecule has 2 amide bonds. The van der Waals surface area contributed by atoms with Crippen LogP contribution in [0, 0.1) is 5.82 Å². The van der Waals surface area contributed by atoms with Gasteiger partial charge in [0.15, 0.2) is 0 Å².